The van der Waals surface area contributed by atoms with E-state index >= 15 is 0 Å². The summed E-state index contributed by atoms with van der Waals surface area (Å²) in [6.45, 7) is 4.14. The van der Waals surface area contributed by atoms with Crippen LogP contribution in [0.2, 0.25) is 0 Å². The number of methoxy groups -OCH3 is 1. The lowest BCUT2D eigenvalue weighted by Crippen LogP contribution is -2.38. The third kappa shape index (κ3) is 2.21. The Balaban J connectivity index is 2.61. The summed E-state index contributed by atoms with van der Waals surface area (Å²) in [5.41, 5.74) is 0. The van der Waals surface area contributed by atoms with Crippen molar-refractivity contribution >= 4 is 5.97 Å². The largest absolute Gasteiger partial charge is 0.481 e. The highest BCUT2D eigenvalue weighted by atomic mass is 16.5. The first-order valence-electron chi connectivity index (χ1n) is 4.81. The van der Waals surface area contributed by atoms with Gasteiger partial charge in [-0.25, -0.2) is 0 Å². The Labute approximate surface area is 79.1 Å². The standard InChI is InChI=1S/C10H18O3/c1-6-4-8(10(11)12)5-7(2)9(6)13-3/h6-9H,4-5H2,1-3H3,(H,11,12)/t6-,7+,8?,9-. The quantitative estimate of drug-likeness (QED) is 0.715. The molecule has 1 aliphatic carbocycles. The minimum atomic E-state index is -0.659. The van der Waals surface area contributed by atoms with Crippen LogP contribution in [-0.2, 0) is 9.53 Å². The third-order valence-corrected chi connectivity index (χ3v) is 3.06. The second-order valence-electron chi connectivity index (χ2n) is 4.16. The number of carbonyl (C=O) groups is 1. The summed E-state index contributed by atoms with van der Waals surface area (Å²) < 4.78 is 5.35. The zero-order chi connectivity index (χ0) is 10.0. The number of carboxylic acids is 1. The second kappa shape index (κ2) is 4.09. The van der Waals surface area contributed by atoms with Crippen molar-refractivity contribution in [2.24, 2.45) is 17.8 Å². The van der Waals surface area contributed by atoms with Crippen LogP contribution in [0.5, 0.6) is 0 Å². The van der Waals surface area contributed by atoms with Gasteiger partial charge in [0.1, 0.15) is 0 Å². The predicted octanol–water partition coefficient (Wildman–Crippen LogP) is 1.77. The van der Waals surface area contributed by atoms with Gasteiger partial charge in [-0.3, -0.25) is 4.79 Å². The molecule has 0 spiro atoms. The van der Waals surface area contributed by atoms with Gasteiger partial charge in [-0.1, -0.05) is 13.8 Å². The normalized spacial score (nSPS) is 40.2. The van der Waals surface area contributed by atoms with Gasteiger partial charge in [-0.05, 0) is 24.7 Å². The molecule has 0 aromatic rings. The maximum Gasteiger partial charge on any atom is 0.306 e. The van der Waals surface area contributed by atoms with Crippen molar-refractivity contribution in [3.05, 3.63) is 0 Å². The number of hydrogen-bond donors (Lipinski definition) is 1. The van der Waals surface area contributed by atoms with Gasteiger partial charge in [0.2, 0.25) is 0 Å². The summed E-state index contributed by atoms with van der Waals surface area (Å²) in [7, 11) is 1.71. The summed E-state index contributed by atoms with van der Waals surface area (Å²) in [4.78, 5) is 10.8. The molecule has 76 valence electrons. The fraction of sp³-hybridized carbons (Fsp3) is 0.900. The van der Waals surface area contributed by atoms with E-state index in [9.17, 15) is 4.79 Å². The van der Waals surface area contributed by atoms with Crippen LogP contribution in [0.3, 0.4) is 0 Å². The molecule has 1 aliphatic rings. The van der Waals surface area contributed by atoms with Gasteiger partial charge in [0.05, 0.1) is 12.0 Å². The van der Waals surface area contributed by atoms with Gasteiger partial charge >= 0.3 is 5.97 Å². The van der Waals surface area contributed by atoms with Crippen molar-refractivity contribution in [3.63, 3.8) is 0 Å². The average molecular weight is 186 g/mol. The third-order valence-electron chi connectivity index (χ3n) is 3.06. The summed E-state index contributed by atoms with van der Waals surface area (Å²) in [6, 6.07) is 0. The highest BCUT2D eigenvalue weighted by Gasteiger charge is 2.36. The first kappa shape index (κ1) is 10.5. The maximum absolute atomic E-state index is 10.8. The maximum atomic E-state index is 10.8. The van der Waals surface area contributed by atoms with E-state index in [0.29, 0.717) is 11.8 Å². The van der Waals surface area contributed by atoms with Crippen LogP contribution in [0.4, 0.5) is 0 Å². The first-order chi connectivity index (χ1) is 6.06. The summed E-state index contributed by atoms with van der Waals surface area (Å²) in [5.74, 6) is -0.116. The molecule has 1 rings (SSSR count). The van der Waals surface area contributed by atoms with E-state index in [1.165, 1.54) is 0 Å². The Bertz CT molecular complexity index is 179. The Morgan fingerprint density at radius 2 is 1.77 bits per heavy atom. The van der Waals surface area contributed by atoms with Crippen molar-refractivity contribution < 1.29 is 14.6 Å². The molecule has 4 atom stereocenters. The fourth-order valence-electron chi connectivity index (χ4n) is 2.49. The van der Waals surface area contributed by atoms with Crippen molar-refractivity contribution in [1.29, 1.82) is 0 Å². The van der Waals surface area contributed by atoms with Crippen LogP contribution in [0.1, 0.15) is 26.7 Å². The van der Waals surface area contributed by atoms with E-state index in [0.717, 1.165) is 12.8 Å². The molecule has 0 aromatic heterocycles. The highest BCUT2D eigenvalue weighted by Crippen LogP contribution is 2.34. The molecule has 0 amide bonds. The van der Waals surface area contributed by atoms with Crippen LogP contribution in [-0.4, -0.2) is 24.3 Å². The SMILES string of the molecule is CO[C@@H]1[C@H](C)CC(C(=O)O)C[C@@H]1C. The predicted molar refractivity (Wildman–Crippen MR) is 49.5 cm³/mol. The number of rotatable bonds is 2. The van der Waals surface area contributed by atoms with Gasteiger partial charge in [0.15, 0.2) is 0 Å². The molecule has 3 nitrogen and oxygen atoms in total. The van der Waals surface area contributed by atoms with Crippen LogP contribution < -0.4 is 0 Å². The monoisotopic (exact) mass is 186 g/mol. The highest BCUT2D eigenvalue weighted by molar-refractivity contribution is 5.70. The van der Waals surface area contributed by atoms with E-state index in [1.807, 2.05) is 0 Å². The van der Waals surface area contributed by atoms with Crippen molar-refractivity contribution in [3.8, 4) is 0 Å². The molecule has 1 N–H and O–H groups in total. The average Bonchev–Trinajstić information content (AvgIpc) is 2.03. The van der Waals surface area contributed by atoms with Gasteiger partial charge in [0, 0.05) is 7.11 Å². The van der Waals surface area contributed by atoms with Gasteiger partial charge in [-0.2, -0.15) is 0 Å². The molecule has 0 bridgehead atoms. The van der Waals surface area contributed by atoms with Crippen LogP contribution in [0.15, 0.2) is 0 Å². The molecule has 1 unspecified atom stereocenters. The smallest absolute Gasteiger partial charge is 0.306 e. The van der Waals surface area contributed by atoms with Crippen molar-refractivity contribution in [2.45, 2.75) is 32.8 Å². The number of hydrogen-bond acceptors (Lipinski definition) is 2. The molecule has 0 saturated heterocycles. The van der Waals surface area contributed by atoms with Gasteiger partial charge in [0.25, 0.3) is 0 Å². The van der Waals surface area contributed by atoms with E-state index in [1.54, 1.807) is 7.11 Å². The molecule has 1 saturated carbocycles. The second-order valence-corrected chi connectivity index (χ2v) is 4.16. The molecule has 0 heterocycles. The zero-order valence-electron chi connectivity index (χ0n) is 8.49. The van der Waals surface area contributed by atoms with Crippen molar-refractivity contribution in [1.82, 2.24) is 0 Å². The molecule has 0 aliphatic heterocycles. The zero-order valence-corrected chi connectivity index (χ0v) is 8.49. The molecule has 13 heavy (non-hydrogen) atoms. The lowest BCUT2D eigenvalue weighted by molar-refractivity contribution is -0.146. The first-order valence-corrected chi connectivity index (χ1v) is 4.81. The van der Waals surface area contributed by atoms with Crippen LogP contribution in [0.25, 0.3) is 0 Å². The van der Waals surface area contributed by atoms with E-state index < -0.39 is 5.97 Å². The number of aliphatic carboxylic acids is 1. The van der Waals surface area contributed by atoms with E-state index in [2.05, 4.69) is 13.8 Å². The lowest BCUT2D eigenvalue weighted by atomic mass is 9.74. The Morgan fingerprint density at radius 1 is 1.31 bits per heavy atom. The molecule has 0 radical (unpaired) electrons. The topological polar surface area (TPSA) is 46.5 Å². The number of ether oxygens (including phenoxy) is 1. The van der Waals surface area contributed by atoms with Crippen LogP contribution in [0, 0.1) is 17.8 Å². The van der Waals surface area contributed by atoms with Gasteiger partial charge < -0.3 is 9.84 Å². The van der Waals surface area contributed by atoms with E-state index in [4.69, 9.17) is 9.84 Å². The molecule has 1 fully saturated rings. The molecular formula is C10H18O3. The number of carboxylic acid groups (broad SMARTS) is 1. The molecule has 0 aromatic carbocycles. The van der Waals surface area contributed by atoms with E-state index in [-0.39, 0.29) is 12.0 Å². The summed E-state index contributed by atoms with van der Waals surface area (Å²) >= 11 is 0. The summed E-state index contributed by atoms with van der Waals surface area (Å²) in [6.07, 6.45) is 1.73. The van der Waals surface area contributed by atoms with Crippen molar-refractivity contribution in [2.75, 3.05) is 7.11 Å². The minimum absolute atomic E-state index is 0.170. The molecule has 3 heteroatoms. The fourth-order valence-corrected chi connectivity index (χ4v) is 2.49. The lowest BCUT2D eigenvalue weighted by Gasteiger charge is -2.36. The Hall–Kier alpha value is -0.570. The minimum Gasteiger partial charge on any atom is -0.481 e. The van der Waals surface area contributed by atoms with Crippen LogP contribution >= 0.6 is 0 Å². The van der Waals surface area contributed by atoms with Gasteiger partial charge in [-0.15, -0.1) is 0 Å². The molecular weight excluding hydrogens is 168 g/mol. The summed E-state index contributed by atoms with van der Waals surface area (Å²) in [5, 5.41) is 8.89. The Morgan fingerprint density at radius 3 is 2.08 bits per heavy atom. The Kier molecular flexibility index (Phi) is 3.31.